The van der Waals surface area contributed by atoms with Gasteiger partial charge >= 0.3 is 6.09 Å². The van der Waals surface area contributed by atoms with Crippen molar-refractivity contribution in [3.05, 3.63) is 34.4 Å². The summed E-state index contributed by atoms with van der Waals surface area (Å²) in [6, 6.07) is -0.584. The molecule has 0 radical (unpaired) electrons. The minimum atomic E-state index is -0.685. The number of nitrogens with zero attached hydrogens (tertiary/aromatic N) is 2. The van der Waals surface area contributed by atoms with Crippen molar-refractivity contribution in [2.24, 2.45) is 11.8 Å². The third-order valence-electron chi connectivity index (χ3n) is 4.77. The SMILES string of the molecule is CC(/C=C\C(C)[N+](=O)[O-])C1C=CCCCC(N(C)C(=O)OC(C)(C)C)C1. The molecule has 4 atom stereocenters. The molecule has 0 saturated carbocycles. The van der Waals surface area contributed by atoms with E-state index in [1.54, 1.807) is 24.9 Å². The third-order valence-corrected chi connectivity index (χ3v) is 4.77. The van der Waals surface area contributed by atoms with E-state index >= 15 is 0 Å². The first kappa shape index (κ1) is 22.2. The second-order valence-corrected chi connectivity index (χ2v) is 8.27. The topological polar surface area (TPSA) is 72.7 Å². The van der Waals surface area contributed by atoms with Crippen LogP contribution in [0.3, 0.4) is 0 Å². The molecule has 0 saturated heterocycles. The monoisotopic (exact) mass is 366 g/mol. The first-order valence-electron chi connectivity index (χ1n) is 9.45. The lowest BCUT2D eigenvalue weighted by molar-refractivity contribution is -0.504. The Morgan fingerprint density at radius 3 is 2.58 bits per heavy atom. The Kier molecular flexibility index (Phi) is 8.31. The van der Waals surface area contributed by atoms with E-state index in [0.717, 1.165) is 25.7 Å². The summed E-state index contributed by atoms with van der Waals surface area (Å²) in [7, 11) is 1.80. The van der Waals surface area contributed by atoms with E-state index in [4.69, 9.17) is 4.74 Å². The summed E-state index contributed by atoms with van der Waals surface area (Å²) in [5.74, 6) is 0.404. The molecule has 6 heteroatoms. The second-order valence-electron chi connectivity index (χ2n) is 8.27. The van der Waals surface area contributed by atoms with Gasteiger partial charge in [-0.1, -0.05) is 25.2 Å². The molecular weight excluding hydrogens is 332 g/mol. The molecule has 0 spiro atoms. The van der Waals surface area contributed by atoms with Gasteiger partial charge in [-0.05, 0) is 64.4 Å². The van der Waals surface area contributed by atoms with Crippen molar-refractivity contribution in [2.75, 3.05) is 7.05 Å². The summed E-state index contributed by atoms with van der Waals surface area (Å²) in [6.45, 7) is 9.25. The van der Waals surface area contributed by atoms with E-state index in [0.29, 0.717) is 0 Å². The van der Waals surface area contributed by atoms with Gasteiger partial charge in [-0.25, -0.2) is 4.79 Å². The average molecular weight is 367 g/mol. The van der Waals surface area contributed by atoms with Crippen molar-refractivity contribution in [1.29, 1.82) is 0 Å². The third kappa shape index (κ3) is 7.58. The zero-order valence-corrected chi connectivity index (χ0v) is 17.0. The van der Waals surface area contributed by atoms with Gasteiger partial charge in [0.2, 0.25) is 6.04 Å². The lowest BCUT2D eigenvalue weighted by atomic mass is 9.83. The Balaban J connectivity index is 2.82. The molecule has 0 heterocycles. The molecule has 148 valence electrons. The fourth-order valence-corrected chi connectivity index (χ4v) is 3.03. The number of nitro groups is 1. The van der Waals surface area contributed by atoms with Gasteiger partial charge in [0.05, 0.1) is 0 Å². The molecule has 0 fully saturated rings. The predicted octanol–water partition coefficient (Wildman–Crippen LogP) is 4.83. The van der Waals surface area contributed by atoms with Gasteiger partial charge in [0.1, 0.15) is 5.60 Å². The van der Waals surface area contributed by atoms with Gasteiger partial charge in [0.25, 0.3) is 0 Å². The smallest absolute Gasteiger partial charge is 0.410 e. The first-order chi connectivity index (χ1) is 12.0. The van der Waals surface area contributed by atoms with Crippen LogP contribution >= 0.6 is 0 Å². The zero-order valence-electron chi connectivity index (χ0n) is 17.0. The predicted molar refractivity (Wildman–Crippen MR) is 104 cm³/mol. The Morgan fingerprint density at radius 1 is 1.35 bits per heavy atom. The van der Waals surface area contributed by atoms with Crippen LogP contribution in [0, 0.1) is 22.0 Å². The zero-order chi connectivity index (χ0) is 19.9. The molecule has 1 aliphatic rings. The number of amides is 1. The van der Waals surface area contributed by atoms with Gasteiger partial charge in [-0.15, -0.1) is 0 Å². The molecule has 4 unspecified atom stereocenters. The second kappa shape index (κ2) is 9.74. The number of carbonyl (C=O) groups is 1. The normalized spacial score (nSPS) is 23.8. The van der Waals surface area contributed by atoms with Gasteiger partial charge in [-0.3, -0.25) is 10.1 Å². The van der Waals surface area contributed by atoms with Crippen LogP contribution in [-0.4, -0.2) is 40.6 Å². The quantitative estimate of drug-likeness (QED) is 0.397. The molecule has 0 aromatic rings. The van der Waals surface area contributed by atoms with Crippen LogP contribution in [-0.2, 0) is 4.74 Å². The average Bonchev–Trinajstić information content (AvgIpc) is 2.49. The number of allylic oxidation sites excluding steroid dienone is 3. The molecule has 0 aliphatic heterocycles. The van der Waals surface area contributed by atoms with Crippen molar-refractivity contribution in [3.63, 3.8) is 0 Å². The van der Waals surface area contributed by atoms with E-state index in [1.165, 1.54) is 0 Å². The Morgan fingerprint density at radius 2 is 2.00 bits per heavy atom. The van der Waals surface area contributed by atoms with Gasteiger partial charge < -0.3 is 9.64 Å². The molecule has 6 nitrogen and oxygen atoms in total. The van der Waals surface area contributed by atoms with Crippen molar-refractivity contribution < 1.29 is 14.5 Å². The van der Waals surface area contributed by atoms with Crippen molar-refractivity contribution in [1.82, 2.24) is 4.90 Å². The largest absolute Gasteiger partial charge is 0.444 e. The molecule has 1 aliphatic carbocycles. The number of rotatable bonds is 5. The van der Waals surface area contributed by atoms with Crippen LogP contribution in [0.4, 0.5) is 4.79 Å². The van der Waals surface area contributed by atoms with E-state index in [2.05, 4.69) is 19.1 Å². The minimum Gasteiger partial charge on any atom is -0.444 e. The summed E-state index contributed by atoms with van der Waals surface area (Å²) in [4.78, 5) is 24.6. The Bertz CT molecular complexity index is 536. The number of carbonyl (C=O) groups excluding carboxylic acids is 1. The Hall–Kier alpha value is -1.85. The summed E-state index contributed by atoms with van der Waals surface area (Å²) in [5.41, 5.74) is -0.513. The van der Waals surface area contributed by atoms with E-state index in [1.807, 2.05) is 26.8 Å². The van der Waals surface area contributed by atoms with E-state index in [-0.39, 0.29) is 28.9 Å². The van der Waals surface area contributed by atoms with Crippen molar-refractivity contribution >= 4 is 6.09 Å². The standard InChI is InChI=1S/C20H34N2O4/c1-15(12-13-16(2)22(24)25)17-10-8-7-9-11-18(14-17)21(6)19(23)26-20(3,4)5/h8,10,12-13,15-18H,7,9,11,14H2,1-6H3/b10-8?,13-12-. The molecule has 1 amide bonds. The van der Waals surface area contributed by atoms with Crippen LogP contribution in [0.25, 0.3) is 0 Å². The molecule has 1 rings (SSSR count). The highest BCUT2D eigenvalue weighted by Crippen LogP contribution is 2.28. The molecule has 0 aromatic carbocycles. The van der Waals surface area contributed by atoms with E-state index in [9.17, 15) is 14.9 Å². The number of hydrogen-bond acceptors (Lipinski definition) is 4. The van der Waals surface area contributed by atoms with Crippen LogP contribution in [0.15, 0.2) is 24.3 Å². The first-order valence-corrected chi connectivity index (χ1v) is 9.45. The van der Waals surface area contributed by atoms with E-state index < -0.39 is 11.6 Å². The highest BCUT2D eigenvalue weighted by Gasteiger charge is 2.28. The summed E-state index contributed by atoms with van der Waals surface area (Å²) in [5, 5.41) is 10.8. The summed E-state index contributed by atoms with van der Waals surface area (Å²) in [6.07, 6.45) is 11.4. The fraction of sp³-hybridized carbons (Fsp3) is 0.750. The molecule has 26 heavy (non-hydrogen) atoms. The molecule has 0 bridgehead atoms. The maximum absolute atomic E-state index is 12.4. The van der Waals surface area contributed by atoms with Gasteiger partial charge in [-0.2, -0.15) is 0 Å². The van der Waals surface area contributed by atoms with Gasteiger partial charge in [0.15, 0.2) is 0 Å². The highest BCUT2D eigenvalue weighted by molar-refractivity contribution is 5.68. The highest BCUT2D eigenvalue weighted by atomic mass is 16.6. The van der Waals surface area contributed by atoms with Crippen LogP contribution < -0.4 is 0 Å². The minimum absolute atomic E-state index is 0.101. The Labute approximate surface area is 157 Å². The fourth-order valence-electron chi connectivity index (χ4n) is 3.03. The van der Waals surface area contributed by atoms with Crippen molar-refractivity contribution in [2.45, 2.75) is 78.0 Å². The number of hydrogen-bond donors (Lipinski definition) is 0. The van der Waals surface area contributed by atoms with Crippen LogP contribution in [0.5, 0.6) is 0 Å². The lowest BCUT2D eigenvalue weighted by Crippen LogP contribution is -2.42. The molecular formula is C20H34N2O4. The van der Waals surface area contributed by atoms with Crippen LogP contribution in [0.2, 0.25) is 0 Å². The lowest BCUT2D eigenvalue weighted by Gasteiger charge is -2.34. The maximum atomic E-state index is 12.4. The maximum Gasteiger partial charge on any atom is 0.410 e. The molecule has 0 N–H and O–H groups in total. The summed E-state index contributed by atoms with van der Waals surface area (Å²) >= 11 is 0. The van der Waals surface area contributed by atoms with Crippen molar-refractivity contribution in [3.8, 4) is 0 Å². The number of ether oxygens (including phenoxy) is 1. The van der Waals surface area contributed by atoms with Crippen LogP contribution in [0.1, 0.15) is 60.3 Å². The molecule has 0 aromatic heterocycles. The summed E-state index contributed by atoms with van der Waals surface area (Å²) < 4.78 is 5.51. The van der Waals surface area contributed by atoms with Gasteiger partial charge in [0, 0.05) is 24.9 Å².